The number of hydrogen-bond acceptors (Lipinski definition) is 13. The second-order valence-electron chi connectivity index (χ2n) is 16.8. The molecule has 0 saturated carbocycles. The average Bonchev–Trinajstić information content (AvgIpc) is 3.50. The van der Waals surface area contributed by atoms with E-state index in [9.17, 15) is 39.6 Å². The van der Waals surface area contributed by atoms with E-state index in [0.717, 1.165) is 25.7 Å². The minimum atomic E-state index is -2.03. The van der Waals surface area contributed by atoms with Crippen LogP contribution >= 0.6 is 0 Å². The molecule has 0 radical (unpaired) electrons. The molecule has 2 amide bonds. The lowest BCUT2D eigenvalue weighted by Crippen LogP contribution is -2.46. The maximum Gasteiger partial charge on any atom is 0.312 e. The molecule has 3 aliphatic rings. The average molecular weight is 867 g/mol. The van der Waals surface area contributed by atoms with Gasteiger partial charge in [-0.1, -0.05) is 72.6 Å². The molecule has 15 heteroatoms. The van der Waals surface area contributed by atoms with Gasteiger partial charge < -0.3 is 54.3 Å². The molecule has 3 heterocycles. The highest BCUT2D eigenvalue weighted by Crippen LogP contribution is 2.54. The zero-order valence-electron chi connectivity index (χ0n) is 37.9. The lowest BCUT2D eigenvalue weighted by molar-refractivity contribution is -0.160. The number of hydrogen-bond donors (Lipinski definition) is 5. The first-order valence-corrected chi connectivity index (χ1v) is 21.5. The minimum absolute atomic E-state index is 0.0493. The number of methoxy groups -OCH3 is 1. The lowest BCUT2D eigenvalue weighted by atomic mass is 9.78. The van der Waals surface area contributed by atoms with Gasteiger partial charge in [-0.05, 0) is 32.8 Å². The van der Waals surface area contributed by atoms with Gasteiger partial charge in [0.2, 0.25) is 0 Å². The van der Waals surface area contributed by atoms with Gasteiger partial charge in [-0.25, -0.2) is 0 Å². The smallest absolute Gasteiger partial charge is 0.312 e. The van der Waals surface area contributed by atoms with Crippen molar-refractivity contribution in [3.05, 3.63) is 53.3 Å². The number of nitrogens with one attached hydrogen (secondary N) is 1. The molecule has 62 heavy (non-hydrogen) atoms. The van der Waals surface area contributed by atoms with Gasteiger partial charge in [0.25, 0.3) is 17.6 Å². The van der Waals surface area contributed by atoms with Crippen LogP contribution in [0.15, 0.2) is 42.2 Å². The minimum Gasteiger partial charge on any atom is -0.507 e. The summed E-state index contributed by atoms with van der Waals surface area (Å²) in [5.41, 5.74) is 0.0239. The summed E-state index contributed by atoms with van der Waals surface area (Å²) in [5, 5.41) is 48.7. The first kappa shape index (κ1) is 49.5. The van der Waals surface area contributed by atoms with Gasteiger partial charge in [0, 0.05) is 80.3 Å². The van der Waals surface area contributed by atoms with Crippen LogP contribution < -0.4 is 14.8 Å². The SMILES string of the molecule is CCCCN(CCCC)C(=O)COc1cc2c(O)c3c(O)c(C)c4c(c13)C(=O)[C@@](C)(O/C=C/[C@H](OC)[C@@H](C)[C@@H](OC(C)=O)[C@H](C)[C@@H](O)[C@H](C)[C@H](O)[C@H](C)/C=C/C=C(/C)C(=O)N2)O4. The molecule has 2 aromatic carbocycles. The Morgan fingerprint density at radius 1 is 0.919 bits per heavy atom. The quantitative estimate of drug-likeness (QED) is 0.116. The Balaban J connectivity index is 1.93. The van der Waals surface area contributed by atoms with Crippen LogP contribution in [-0.4, -0.2) is 106 Å². The predicted molar refractivity (Wildman–Crippen MR) is 234 cm³/mol. The van der Waals surface area contributed by atoms with Crippen molar-refractivity contribution >= 4 is 40.0 Å². The first-order chi connectivity index (χ1) is 29.2. The van der Waals surface area contributed by atoms with Crippen molar-refractivity contribution in [1.29, 1.82) is 0 Å². The summed E-state index contributed by atoms with van der Waals surface area (Å²) < 4.78 is 30.0. The zero-order chi connectivity index (χ0) is 46.2. The van der Waals surface area contributed by atoms with Gasteiger partial charge in [0.1, 0.15) is 23.4 Å². The third-order valence-corrected chi connectivity index (χ3v) is 12.1. The van der Waals surface area contributed by atoms with Crippen molar-refractivity contribution < 1.29 is 63.3 Å². The molecular weight excluding hydrogens is 801 g/mol. The van der Waals surface area contributed by atoms with E-state index in [1.54, 1.807) is 44.7 Å². The largest absolute Gasteiger partial charge is 0.507 e. The number of ether oxygens (including phenoxy) is 5. The molecule has 0 spiro atoms. The fourth-order valence-corrected chi connectivity index (χ4v) is 8.04. The van der Waals surface area contributed by atoms with Crippen molar-refractivity contribution in [2.45, 2.75) is 125 Å². The fourth-order valence-electron chi connectivity index (χ4n) is 8.04. The highest BCUT2D eigenvalue weighted by molar-refractivity contribution is 6.21. The van der Waals surface area contributed by atoms with E-state index in [2.05, 4.69) is 5.32 Å². The lowest BCUT2D eigenvalue weighted by Gasteiger charge is -2.38. The number of nitrogens with zero attached hydrogens (tertiary/aromatic N) is 1. The molecule has 342 valence electrons. The summed E-state index contributed by atoms with van der Waals surface area (Å²) in [6, 6.07) is 1.29. The van der Waals surface area contributed by atoms with E-state index in [0.29, 0.717) is 13.1 Å². The van der Waals surface area contributed by atoms with Crippen molar-refractivity contribution in [1.82, 2.24) is 4.90 Å². The number of aromatic hydroxyl groups is 2. The second kappa shape index (κ2) is 21.3. The van der Waals surface area contributed by atoms with Crippen LogP contribution in [0.1, 0.15) is 104 Å². The molecule has 5 N–H and O–H groups in total. The highest BCUT2D eigenvalue weighted by Gasteiger charge is 2.50. The summed E-state index contributed by atoms with van der Waals surface area (Å²) in [6.45, 7) is 17.3. The molecule has 3 aliphatic heterocycles. The number of benzene rings is 2. The Hall–Kier alpha value is -5.12. The number of ketones is 1. The van der Waals surface area contributed by atoms with Crippen molar-refractivity contribution in [3.8, 4) is 23.0 Å². The van der Waals surface area contributed by atoms with Gasteiger partial charge >= 0.3 is 11.8 Å². The van der Waals surface area contributed by atoms with Gasteiger partial charge in [-0.15, -0.1) is 0 Å². The molecule has 0 saturated heterocycles. The molecule has 2 aromatic rings. The molecule has 0 aliphatic carbocycles. The van der Waals surface area contributed by atoms with E-state index in [4.69, 9.17) is 23.7 Å². The van der Waals surface area contributed by atoms with Crippen LogP contribution in [0.4, 0.5) is 5.69 Å². The van der Waals surface area contributed by atoms with Crippen molar-refractivity contribution in [2.75, 3.05) is 32.1 Å². The van der Waals surface area contributed by atoms with Crippen molar-refractivity contribution in [2.24, 2.45) is 23.7 Å². The van der Waals surface area contributed by atoms with Crippen LogP contribution in [0, 0.1) is 30.6 Å². The zero-order valence-corrected chi connectivity index (χ0v) is 37.9. The topological polar surface area (TPSA) is 211 Å². The number of carbonyl (C=O) groups is 4. The molecule has 0 fully saturated rings. The Morgan fingerprint density at radius 3 is 2.16 bits per heavy atom. The standard InChI is InChI=1S/C47H66N2O13/c1-12-14-20-49(21-15-13-2)35(51)24-59-34-23-32-42(55)37-36(34)38-44(30(8)41(37)54)62-47(10,45(38)56)60-22-19-33(58-11)27(5)43(61-31(9)50)29(7)40(53)28(6)39(52)25(3)17-16-18-26(4)46(57)48-32/h16-19,22-23,25,27-29,33,39-40,43,52-55H,12-15,20-21,24H2,1-11H3,(H,48,57)/b17-16+,22-19+,26-18-/t25-,27-,28-,29-,33+,39-,40+,43-,47+/m1/s1. The van der Waals surface area contributed by atoms with E-state index in [-0.39, 0.29) is 50.6 Å². The summed E-state index contributed by atoms with van der Waals surface area (Å²) in [7, 11) is 1.44. The number of phenolic OH excluding ortho intramolecular Hbond substituents is 2. The summed E-state index contributed by atoms with van der Waals surface area (Å²) in [6.07, 6.45) is 6.96. The molecule has 0 aromatic heterocycles. The third-order valence-electron chi connectivity index (χ3n) is 12.1. The maximum absolute atomic E-state index is 14.6. The van der Waals surface area contributed by atoms with Gasteiger partial charge in [-0.3, -0.25) is 19.2 Å². The molecule has 5 rings (SSSR count). The second-order valence-corrected chi connectivity index (χ2v) is 16.8. The number of allylic oxidation sites excluding steroid dienone is 2. The fraction of sp³-hybridized carbons (Fsp3) is 0.574. The highest BCUT2D eigenvalue weighted by atomic mass is 16.7. The van der Waals surface area contributed by atoms with E-state index >= 15 is 0 Å². The molecular formula is C47H66N2O13. The molecule has 9 atom stereocenters. The summed E-state index contributed by atoms with van der Waals surface area (Å²) >= 11 is 0. The number of rotatable bonds is 11. The Labute approximate surface area is 364 Å². The number of aliphatic hydroxyl groups excluding tert-OH is 2. The van der Waals surface area contributed by atoms with Gasteiger partial charge in [0.15, 0.2) is 12.4 Å². The number of anilines is 1. The van der Waals surface area contributed by atoms with Crippen LogP contribution in [0.25, 0.3) is 10.8 Å². The number of aliphatic hydroxyl groups is 2. The third kappa shape index (κ3) is 10.7. The van der Waals surface area contributed by atoms with Crippen molar-refractivity contribution in [3.63, 3.8) is 0 Å². The number of esters is 1. The summed E-state index contributed by atoms with van der Waals surface area (Å²) in [5.74, 6) is -7.91. The van der Waals surface area contributed by atoms with Gasteiger partial charge in [-0.2, -0.15) is 0 Å². The number of amides is 2. The number of phenols is 2. The molecule has 5 bridgehead atoms. The van der Waals surface area contributed by atoms with Gasteiger partial charge in [0.05, 0.1) is 41.2 Å². The van der Waals surface area contributed by atoms with E-state index in [1.165, 1.54) is 59.3 Å². The van der Waals surface area contributed by atoms with Crippen LogP contribution in [0.2, 0.25) is 0 Å². The molecule has 0 unspecified atom stereocenters. The number of unbranched alkanes of at least 4 members (excludes halogenated alkanes) is 2. The monoisotopic (exact) mass is 866 g/mol. The van der Waals surface area contributed by atoms with E-state index in [1.807, 2.05) is 13.8 Å². The number of carbonyl (C=O) groups excluding carboxylic acids is 4. The Kier molecular flexibility index (Phi) is 17.0. The normalized spacial score (nSPS) is 29.0. The van der Waals surface area contributed by atoms with E-state index < -0.39 is 89.6 Å². The number of Topliss-reactive ketones (excluding diaryl/α,β-unsaturated/α-hetero) is 1. The summed E-state index contributed by atoms with van der Waals surface area (Å²) in [4.78, 5) is 56.0. The predicted octanol–water partition coefficient (Wildman–Crippen LogP) is 6.86. The van der Waals surface area contributed by atoms with Crippen LogP contribution in [0.3, 0.4) is 0 Å². The first-order valence-electron chi connectivity index (χ1n) is 21.5. The molecule has 15 nitrogen and oxygen atoms in total. The number of fused-ring (bicyclic) bond motifs is 14. The Bertz CT molecular complexity index is 2050. The van der Waals surface area contributed by atoms with Crippen LogP contribution in [0.5, 0.6) is 23.0 Å². The Morgan fingerprint density at radius 2 is 1.56 bits per heavy atom. The van der Waals surface area contributed by atoms with Crippen LogP contribution in [-0.2, 0) is 28.6 Å². The maximum atomic E-state index is 14.6.